The fraction of sp³-hybridized carbons (Fsp3) is 0.111. The molecule has 0 saturated carbocycles. The number of nitrogens with one attached hydrogen (secondary N) is 1. The second-order valence-corrected chi connectivity index (χ2v) is 2.74. The fourth-order valence-corrected chi connectivity index (χ4v) is 1.13. The van der Waals surface area contributed by atoms with E-state index in [1.165, 1.54) is 0 Å². The highest BCUT2D eigenvalue weighted by Gasteiger charge is 1.94. The number of benzene rings is 1. The van der Waals surface area contributed by atoms with Gasteiger partial charge >= 0.3 is 0 Å². The summed E-state index contributed by atoms with van der Waals surface area (Å²) in [5, 5.41) is 3.77. The zero-order valence-electron chi connectivity index (χ0n) is 6.39. The summed E-state index contributed by atoms with van der Waals surface area (Å²) in [5.74, 6) is 0. The molecule has 1 nitrogen and oxygen atoms in total. The van der Waals surface area contributed by atoms with E-state index in [-0.39, 0.29) is 0 Å². The van der Waals surface area contributed by atoms with Crippen molar-refractivity contribution in [1.82, 2.24) is 0 Å². The molecule has 1 rings (SSSR count). The van der Waals surface area contributed by atoms with Crippen LogP contribution in [0.15, 0.2) is 31.0 Å². The van der Waals surface area contributed by atoms with Crippen LogP contribution < -0.4 is 5.32 Å². The van der Waals surface area contributed by atoms with E-state index in [2.05, 4.69) is 11.9 Å². The van der Waals surface area contributed by atoms with Crippen molar-refractivity contribution in [3.63, 3.8) is 0 Å². The number of rotatable bonds is 2. The lowest BCUT2D eigenvalue weighted by Gasteiger charge is -2.04. The van der Waals surface area contributed by atoms with E-state index in [1.807, 2.05) is 25.1 Å². The van der Waals surface area contributed by atoms with Crippen LogP contribution >= 0.6 is 11.6 Å². The van der Waals surface area contributed by atoms with Crippen molar-refractivity contribution in [3.8, 4) is 0 Å². The second kappa shape index (κ2) is 3.44. The molecule has 11 heavy (non-hydrogen) atoms. The molecule has 1 N–H and O–H groups in total. The minimum atomic E-state index is 0.761. The highest BCUT2D eigenvalue weighted by Crippen LogP contribution is 2.19. The summed E-state index contributed by atoms with van der Waals surface area (Å²) in [7, 11) is 0. The molecule has 0 spiro atoms. The van der Waals surface area contributed by atoms with E-state index in [0.717, 1.165) is 16.3 Å². The van der Waals surface area contributed by atoms with Gasteiger partial charge in [-0.3, -0.25) is 0 Å². The van der Waals surface area contributed by atoms with Gasteiger partial charge in [-0.15, -0.1) is 0 Å². The Morgan fingerprint density at radius 1 is 1.55 bits per heavy atom. The maximum atomic E-state index is 5.76. The van der Waals surface area contributed by atoms with Crippen molar-refractivity contribution in [3.05, 3.63) is 41.6 Å². The van der Waals surface area contributed by atoms with Gasteiger partial charge in [-0.25, -0.2) is 0 Å². The van der Waals surface area contributed by atoms with E-state index in [1.54, 1.807) is 6.20 Å². The Hall–Kier alpha value is -0.950. The third-order valence-corrected chi connectivity index (χ3v) is 1.68. The zero-order chi connectivity index (χ0) is 8.27. The molecule has 1 aromatic rings. The van der Waals surface area contributed by atoms with Gasteiger partial charge in [-0.05, 0) is 36.9 Å². The molecule has 0 aliphatic heterocycles. The van der Waals surface area contributed by atoms with Gasteiger partial charge in [0.25, 0.3) is 0 Å². The number of anilines is 1. The van der Waals surface area contributed by atoms with Crippen LogP contribution in [0.4, 0.5) is 5.69 Å². The van der Waals surface area contributed by atoms with E-state index < -0.39 is 0 Å². The maximum absolute atomic E-state index is 5.76. The monoisotopic (exact) mass is 167 g/mol. The van der Waals surface area contributed by atoms with Crippen LogP contribution in [0.5, 0.6) is 0 Å². The van der Waals surface area contributed by atoms with E-state index >= 15 is 0 Å². The van der Waals surface area contributed by atoms with Crippen LogP contribution in [-0.2, 0) is 0 Å². The van der Waals surface area contributed by atoms with Gasteiger partial charge in [0.2, 0.25) is 0 Å². The lowest BCUT2D eigenvalue weighted by atomic mass is 10.2. The van der Waals surface area contributed by atoms with Gasteiger partial charge in [-0.2, -0.15) is 0 Å². The summed E-state index contributed by atoms with van der Waals surface area (Å²) in [5.41, 5.74) is 2.17. The van der Waals surface area contributed by atoms with Crippen LogP contribution in [0.25, 0.3) is 0 Å². The largest absolute Gasteiger partial charge is 0.362 e. The third kappa shape index (κ3) is 1.99. The molecular formula is C9H10ClN. The SMILES string of the molecule is C=CNc1ccc(Cl)cc1C. The molecule has 1 aromatic carbocycles. The molecule has 0 unspecified atom stereocenters. The lowest BCUT2D eigenvalue weighted by Crippen LogP contribution is -1.88. The van der Waals surface area contributed by atoms with Crippen LogP contribution in [-0.4, -0.2) is 0 Å². The quantitative estimate of drug-likeness (QED) is 0.714. The van der Waals surface area contributed by atoms with Crippen molar-refractivity contribution in [2.24, 2.45) is 0 Å². The first kappa shape index (κ1) is 8.15. The first-order valence-corrected chi connectivity index (χ1v) is 3.75. The Bertz CT molecular complexity index is 268. The van der Waals surface area contributed by atoms with Crippen molar-refractivity contribution in [2.45, 2.75) is 6.92 Å². The normalized spacial score (nSPS) is 9.27. The predicted molar refractivity (Wildman–Crippen MR) is 50.0 cm³/mol. The minimum Gasteiger partial charge on any atom is -0.362 e. The van der Waals surface area contributed by atoms with E-state index in [4.69, 9.17) is 11.6 Å². The summed E-state index contributed by atoms with van der Waals surface area (Å²) in [6.07, 6.45) is 1.65. The zero-order valence-corrected chi connectivity index (χ0v) is 7.15. The topological polar surface area (TPSA) is 12.0 Å². The smallest absolute Gasteiger partial charge is 0.0410 e. The molecule has 0 amide bonds. The Labute approximate surface area is 71.7 Å². The summed E-state index contributed by atoms with van der Waals surface area (Å²) < 4.78 is 0. The Morgan fingerprint density at radius 3 is 2.82 bits per heavy atom. The van der Waals surface area contributed by atoms with Crippen molar-refractivity contribution < 1.29 is 0 Å². The first-order valence-electron chi connectivity index (χ1n) is 3.37. The average molecular weight is 168 g/mol. The van der Waals surface area contributed by atoms with Crippen LogP contribution in [0.3, 0.4) is 0 Å². The van der Waals surface area contributed by atoms with Crippen molar-refractivity contribution in [2.75, 3.05) is 5.32 Å². The molecular weight excluding hydrogens is 158 g/mol. The van der Waals surface area contributed by atoms with Crippen LogP contribution in [0.2, 0.25) is 5.02 Å². The maximum Gasteiger partial charge on any atom is 0.0410 e. The predicted octanol–water partition coefficient (Wildman–Crippen LogP) is 3.20. The lowest BCUT2D eigenvalue weighted by molar-refractivity contribution is 1.44. The standard InChI is InChI=1S/C9H10ClN/c1-3-11-9-5-4-8(10)6-7(9)2/h3-6,11H,1H2,2H3. The van der Waals surface area contributed by atoms with Gasteiger partial charge in [-0.1, -0.05) is 18.2 Å². The molecule has 0 aliphatic carbocycles. The third-order valence-electron chi connectivity index (χ3n) is 1.45. The number of aryl methyl sites for hydroxylation is 1. The van der Waals surface area contributed by atoms with Crippen molar-refractivity contribution >= 4 is 17.3 Å². The van der Waals surface area contributed by atoms with Crippen LogP contribution in [0.1, 0.15) is 5.56 Å². The Morgan fingerprint density at radius 2 is 2.27 bits per heavy atom. The molecule has 0 bridgehead atoms. The number of hydrogen-bond donors (Lipinski definition) is 1. The molecule has 58 valence electrons. The Balaban J connectivity index is 2.98. The van der Waals surface area contributed by atoms with Gasteiger partial charge in [0.05, 0.1) is 0 Å². The van der Waals surface area contributed by atoms with E-state index in [9.17, 15) is 0 Å². The number of hydrogen-bond acceptors (Lipinski definition) is 1. The van der Waals surface area contributed by atoms with Gasteiger partial charge < -0.3 is 5.32 Å². The molecule has 0 heterocycles. The molecule has 0 radical (unpaired) electrons. The summed E-state index contributed by atoms with van der Waals surface area (Å²) in [6.45, 7) is 5.57. The molecule has 0 aliphatic rings. The highest BCUT2D eigenvalue weighted by molar-refractivity contribution is 6.30. The molecule has 0 saturated heterocycles. The first-order chi connectivity index (χ1) is 5.24. The molecule has 2 heteroatoms. The summed E-state index contributed by atoms with van der Waals surface area (Å²) in [4.78, 5) is 0. The number of halogens is 1. The summed E-state index contributed by atoms with van der Waals surface area (Å²) >= 11 is 5.76. The van der Waals surface area contributed by atoms with E-state index in [0.29, 0.717) is 0 Å². The van der Waals surface area contributed by atoms with Gasteiger partial charge in [0.1, 0.15) is 0 Å². The summed E-state index contributed by atoms with van der Waals surface area (Å²) in [6, 6.07) is 5.69. The van der Waals surface area contributed by atoms with Crippen LogP contribution in [0, 0.1) is 6.92 Å². The Kier molecular flexibility index (Phi) is 2.55. The molecule has 0 fully saturated rings. The minimum absolute atomic E-state index is 0.761. The van der Waals surface area contributed by atoms with Gasteiger partial charge in [0, 0.05) is 10.7 Å². The highest BCUT2D eigenvalue weighted by atomic mass is 35.5. The van der Waals surface area contributed by atoms with Crippen molar-refractivity contribution in [1.29, 1.82) is 0 Å². The fourth-order valence-electron chi connectivity index (χ4n) is 0.899. The molecule has 0 atom stereocenters. The second-order valence-electron chi connectivity index (χ2n) is 2.31. The average Bonchev–Trinajstić information content (AvgIpc) is 1.95. The molecule has 0 aromatic heterocycles. The van der Waals surface area contributed by atoms with Gasteiger partial charge in [0.15, 0.2) is 0 Å².